The minimum Gasteiger partial charge on any atom is -0.489 e. The van der Waals surface area contributed by atoms with E-state index < -0.39 is 0 Å². The molecule has 0 atom stereocenters. The Kier molecular flexibility index (Phi) is 4.77. The van der Waals surface area contributed by atoms with Gasteiger partial charge < -0.3 is 20.5 Å². The number of nitrogens with zero attached hydrogens (tertiary/aromatic N) is 6. The molecular weight excluding hydrogens is 312 g/mol. The van der Waals surface area contributed by atoms with E-state index in [0.717, 1.165) is 5.69 Å². The first-order valence-corrected chi connectivity index (χ1v) is 7.19. The van der Waals surface area contributed by atoms with E-state index in [1.807, 2.05) is 6.07 Å². The minimum atomic E-state index is -0.0836. The van der Waals surface area contributed by atoms with Gasteiger partial charge in [-0.2, -0.15) is 9.67 Å². The van der Waals surface area contributed by atoms with Crippen LogP contribution in [0.1, 0.15) is 0 Å². The first-order valence-electron chi connectivity index (χ1n) is 7.19. The molecule has 0 fully saturated rings. The third kappa shape index (κ3) is 3.55. The predicted molar refractivity (Wildman–Crippen MR) is 86.6 cm³/mol. The molecule has 0 amide bonds. The highest BCUT2D eigenvalue weighted by Gasteiger charge is 2.10. The maximum Gasteiger partial charge on any atom is 0.229 e. The molecule has 0 aliphatic carbocycles. The maximum atomic E-state index is 8.94. The van der Waals surface area contributed by atoms with Crippen LogP contribution in [0.2, 0.25) is 0 Å². The molecule has 2 aromatic heterocycles. The molecule has 24 heavy (non-hydrogen) atoms. The molecule has 0 unspecified atom stereocenters. The van der Waals surface area contributed by atoms with Gasteiger partial charge in [0.2, 0.25) is 5.95 Å². The van der Waals surface area contributed by atoms with Crippen molar-refractivity contribution in [3.05, 3.63) is 36.8 Å². The predicted octanol–water partition coefficient (Wildman–Crippen LogP) is 0.609. The number of hydrogen-bond donors (Lipinski definition) is 3. The van der Waals surface area contributed by atoms with E-state index in [2.05, 4.69) is 36.1 Å². The first kappa shape index (κ1) is 15.6. The number of anilines is 3. The third-order valence-corrected chi connectivity index (χ3v) is 3.07. The second-order valence-electron chi connectivity index (χ2n) is 4.65. The fourth-order valence-electron chi connectivity index (χ4n) is 2.01. The van der Waals surface area contributed by atoms with E-state index in [4.69, 9.17) is 9.84 Å². The zero-order valence-electron chi connectivity index (χ0n) is 12.9. The number of aliphatic hydroxyl groups excluding tert-OH is 1. The van der Waals surface area contributed by atoms with Crippen LogP contribution in [-0.2, 0) is 0 Å². The van der Waals surface area contributed by atoms with E-state index in [0.29, 0.717) is 23.2 Å². The topological polar surface area (TPSA) is 123 Å². The fourth-order valence-corrected chi connectivity index (χ4v) is 2.01. The van der Waals surface area contributed by atoms with Crippen LogP contribution in [0.15, 0.2) is 36.8 Å². The molecule has 0 aliphatic heterocycles. The molecule has 10 nitrogen and oxygen atoms in total. The Bertz CT molecular complexity index is 793. The average molecular weight is 328 g/mol. The van der Waals surface area contributed by atoms with Crippen LogP contribution in [-0.4, -0.2) is 55.5 Å². The molecule has 0 saturated carbocycles. The number of hydrogen-bond acceptors (Lipinski definition) is 9. The summed E-state index contributed by atoms with van der Waals surface area (Å²) in [5.74, 6) is 1.71. The summed E-state index contributed by atoms with van der Waals surface area (Å²) in [5.41, 5.74) is 1.37. The lowest BCUT2D eigenvalue weighted by atomic mass is 10.2. The Morgan fingerprint density at radius 1 is 1.29 bits per heavy atom. The lowest BCUT2D eigenvalue weighted by Gasteiger charge is -2.12. The Morgan fingerprint density at radius 2 is 2.21 bits per heavy atom. The minimum absolute atomic E-state index is 0.0836. The molecule has 0 spiro atoms. The summed E-state index contributed by atoms with van der Waals surface area (Å²) in [6.45, 7) is 0.0922. The summed E-state index contributed by atoms with van der Waals surface area (Å²) >= 11 is 0. The van der Waals surface area contributed by atoms with E-state index >= 15 is 0 Å². The Morgan fingerprint density at radius 3 is 2.96 bits per heavy atom. The summed E-state index contributed by atoms with van der Waals surface area (Å²) in [7, 11) is 1.79. The molecule has 0 saturated heterocycles. The Balaban J connectivity index is 1.90. The van der Waals surface area contributed by atoms with Crippen molar-refractivity contribution >= 4 is 17.5 Å². The summed E-state index contributed by atoms with van der Waals surface area (Å²) < 4.78 is 6.99. The highest BCUT2D eigenvalue weighted by atomic mass is 16.5. The molecular formula is C14H16N8O2. The lowest BCUT2D eigenvalue weighted by molar-refractivity contribution is 0.201. The molecule has 3 aromatic rings. The Labute approximate surface area is 137 Å². The van der Waals surface area contributed by atoms with Crippen LogP contribution < -0.4 is 15.4 Å². The second-order valence-corrected chi connectivity index (χ2v) is 4.65. The van der Waals surface area contributed by atoms with Crippen LogP contribution in [0, 0.1) is 0 Å². The van der Waals surface area contributed by atoms with E-state index in [1.165, 1.54) is 11.0 Å². The van der Waals surface area contributed by atoms with Gasteiger partial charge in [0, 0.05) is 18.9 Å². The van der Waals surface area contributed by atoms with Crippen molar-refractivity contribution in [1.29, 1.82) is 0 Å². The molecule has 3 N–H and O–H groups in total. The third-order valence-electron chi connectivity index (χ3n) is 3.07. The van der Waals surface area contributed by atoms with E-state index in [-0.39, 0.29) is 13.2 Å². The van der Waals surface area contributed by atoms with Gasteiger partial charge in [0.25, 0.3) is 0 Å². The largest absolute Gasteiger partial charge is 0.489 e. The SMILES string of the molecule is CNc1ccnc(Nc2ccc(OCCO)c(-n3cnnn3)c2)n1. The van der Waals surface area contributed by atoms with Crippen LogP contribution in [0.5, 0.6) is 5.75 Å². The second kappa shape index (κ2) is 7.33. The van der Waals surface area contributed by atoms with Gasteiger partial charge in [-0.25, -0.2) is 4.98 Å². The quantitative estimate of drug-likeness (QED) is 0.572. The van der Waals surface area contributed by atoms with Gasteiger partial charge >= 0.3 is 0 Å². The average Bonchev–Trinajstić information content (AvgIpc) is 3.15. The normalized spacial score (nSPS) is 10.4. The molecule has 124 valence electrons. The van der Waals surface area contributed by atoms with Crippen molar-refractivity contribution < 1.29 is 9.84 Å². The summed E-state index contributed by atoms with van der Waals surface area (Å²) in [6.07, 6.45) is 3.12. The van der Waals surface area contributed by atoms with Crippen LogP contribution in [0.4, 0.5) is 17.5 Å². The van der Waals surface area contributed by atoms with Gasteiger partial charge in [0.1, 0.15) is 30.2 Å². The number of tetrazole rings is 1. The van der Waals surface area contributed by atoms with Crippen LogP contribution in [0.3, 0.4) is 0 Å². The molecule has 0 radical (unpaired) electrons. The van der Waals surface area contributed by atoms with Gasteiger partial charge in [-0.05, 0) is 34.7 Å². The molecule has 1 aromatic carbocycles. The standard InChI is InChI=1S/C14H16N8O2/c1-15-13-4-5-16-14(19-13)18-10-2-3-12(24-7-6-23)11(8-10)22-9-17-20-21-22/h2-5,8-9,23H,6-7H2,1H3,(H2,15,16,18,19). The van der Waals surface area contributed by atoms with Crippen molar-refractivity contribution in [3.63, 3.8) is 0 Å². The number of rotatable bonds is 7. The molecule has 3 rings (SSSR count). The van der Waals surface area contributed by atoms with Crippen molar-refractivity contribution in [3.8, 4) is 11.4 Å². The molecule has 10 heteroatoms. The summed E-state index contributed by atoms with van der Waals surface area (Å²) in [6, 6.07) is 7.15. The van der Waals surface area contributed by atoms with Gasteiger partial charge in [-0.3, -0.25) is 0 Å². The van der Waals surface area contributed by atoms with Crippen LogP contribution >= 0.6 is 0 Å². The highest BCUT2D eigenvalue weighted by molar-refractivity contribution is 5.62. The van der Waals surface area contributed by atoms with E-state index in [1.54, 1.807) is 31.4 Å². The maximum absolute atomic E-state index is 8.94. The van der Waals surface area contributed by atoms with Crippen molar-refractivity contribution in [1.82, 2.24) is 30.2 Å². The molecule has 0 bridgehead atoms. The summed E-state index contributed by atoms with van der Waals surface area (Å²) in [5, 5.41) is 26.1. The zero-order chi connectivity index (χ0) is 16.8. The number of aromatic nitrogens is 6. The fraction of sp³-hybridized carbons (Fsp3) is 0.214. The number of aliphatic hydroxyl groups is 1. The smallest absolute Gasteiger partial charge is 0.229 e. The Hall–Kier alpha value is -3.27. The van der Waals surface area contributed by atoms with Crippen molar-refractivity contribution in [2.24, 2.45) is 0 Å². The molecule has 0 aliphatic rings. The van der Waals surface area contributed by atoms with E-state index in [9.17, 15) is 0 Å². The number of benzene rings is 1. The highest BCUT2D eigenvalue weighted by Crippen LogP contribution is 2.27. The van der Waals surface area contributed by atoms with Gasteiger partial charge in [0.05, 0.1) is 6.61 Å². The zero-order valence-corrected chi connectivity index (χ0v) is 12.9. The van der Waals surface area contributed by atoms with Crippen molar-refractivity contribution in [2.75, 3.05) is 30.9 Å². The number of nitrogens with one attached hydrogen (secondary N) is 2. The first-order chi connectivity index (χ1) is 11.8. The van der Waals surface area contributed by atoms with Crippen molar-refractivity contribution in [2.45, 2.75) is 0 Å². The van der Waals surface area contributed by atoms with Crippen LogP contribution in [0.25, 0.3) is 5.69 Å². The molecule has 2 heterocycles. The number of ether oxygens (including phenoxy) is 1. The van der Waals surface area contributed by atoms with Gasteiger partial charge in [-0.1, -0.05) is 0 Å². The monoisotopic (exact) mass is 328 g/mol. The van der Waals surface area contributed by atoms with Gasteiger partial charge in [0.15, 0.2) is 0 Å². The van der Waals surface area contributed by atoms with Gasteiger partial charge in [-0.15, -0.1) is 5.10 Å². The lowest BCUT2D eigenvalue weighted by Crippen LogP contribution is -2.07. The summed E-state index contributed by atoms with van der Waals surface area (Å²) in [4.78, 5) is 8.48.